The molecule has 2 rings (SSSR count). The van der Waals surface area contributed by atoms with Gasteiger partial charge in [0.15, 0.2) is 0 Å². The van der Waals surface area contributed by atoms with Crippen LogP contribution in [0.4, 0.5) is 0 Å². The summed E-state index contributed by atoms with van der Waals surface area (Å²) in [5.41, 5.74) is 0.851. The van der Waals surface area contributed by atoms with Crippen LogP contribution in [0.15, 0.2) is 24.3 Å². The minimum atomic E-state index is -2.80. The maximum Gasteiger partial charge on any atom is 0.323 e. The standard InChI is InChI=1S/C14H20INO4S/c1-14(2,3)21(15,19)16-11(12(16)13(17)18)9-5-7-10(20-4)8-6-9/h5-8,11-12,21H,1-4H3,(H,17,18)/t11-,12-,16?/m0/s1. The smallest absolute Gasteiger partial charge is 0.323 e. The van der Waals surface area contributed by atoms with Gasteiger partial charge < -0.3 is 9.84 Å². The second kappa shape index (κ2) is 5.51. The van der Waals surface area contributed by atoms with Crippen LogP contribution < -0.4 is 4.74 Å². The minimum Gasteiger partial charge on any atom is -0.497 e. The molecule has 0 aromatic heterocycles. The van der Waals surface area contributed by atoms with E-state index in [2.05, 4.69) is 0 Å². The highest BCUT2D eigenvalue weighted by Crippen LogP contribution is 2.54. The quantitative estimate of drug-likeness (QED) is 0.337. The first-order chi connectivity index (χ1) is 9.61. The first-order valence-electron chi connectivity index (χ1n) is 6.56. The largest absolute Gasteiger partial charge is 0.497 e. The summed E-state index contributed by atoms with van der Waals surface area (Å²) in [5, 5.41) is 9.39. The Labute approximate surface area is 137 Å². The molecule has 3 atom stereocenters. The van der Waals surface area contributed by atoms with Crippen molar-refractivity contribution < 1.29 is 18.8 Å². The lowest BCUT2D eigenvalue weighted by molar-refractivity contribution is -0.137. The molecule has 1 N–H and O–H groups in total. The second-order valence-electron chi connectivity index (χ2n) is 6.05. The van der Waals surface area contributed by atoms with E-state index in [9.17, 15) is 14.1 Å². The Morgan fingerprint density at radius 3 is 2.24 bits per heavy atom. The highest BCUT2D eigenvalue weighted by Gasteiger charge is 2.61. The number of thiol groups is 1. The predicted molar refractivity (Wildman–Crippen MR) is 92.3 cm³/mol. The highest BCUT2D eigenvalue weighted by atomic mass is 127. The summed E-state index contributed by atoms with van der Waals surface area (Å²) >= 11 is 1.93. The predicted octanol–water partition coefficient (Wildman–Crippen LogP) is 2.59. The summed E-state index contributed by atoms with van der Waals surface area (Å²) < 4.78 is 19.3. The summed E-state index contributed by atoms with van der Waals surface area (Å²) in [6.45, 7) is 5.63. The van der Waals surface area contributed by atoms with E-state index in [-0.39, 0.29) is 6.04 Å². The van der Waals surface area contributed by atoms with Gasteiger partial charge in [0.1, 0.15) is 11.8 Å². The number of carboxylic acids is 1. The van der Waals surface area contributed by atoms with Gasteiger partial charge >= 0.3 is 5.97 Å². The molecule has 1 aliphatic heterocycles. The van der Waals surface area contributed by atoms with E-state index in [1.54, 1.807) is 23.5 Å². The number of carboxylic acid groups (broad SMARTS) is 1. The van der Waals surface area contributed by atoms with Crippen LogP contribution in [0, 0.1) is 0 Å². The molecule has 21 heavy (non-hydrogen) atoms. The van der Waals surface area contributed by atoms with Gasteiger partial charge in [-0.05, 0) is 45.8 Å². The third kappa shape index (κ3) is 2.95. The zero-order valence-electron chi connectivity index (χ0n) is 12.4. The third-order valence-electron chi connectivity index (χ3n) is 3.61. The van der Waals surface area contributed by atoms with Crippen molar-refractivity contribution in [1.82, 2.24) is 4.31 Å². The van der Waals surface area contributed by atoms with Gasteiger partial charge in [-0.25, -0.2) is 4.31 Å². The number of carbonyl (C=O) groups is 1. The average molecular weight is 425 g/mol. The van der Waals surface area contributed by atoms with Crippen molar-refractivity contribution in [3.63, 3.8) is 0 Å². The number of ether oxygens (including phenoxy) is 1. The van der Waals surface area contributed by atoms with E-state index in [0.717, 1.165) is 5.56 Å². The van der Waals surface area contributed by atoms with Gasteiger partial charge in [0, 0.05) is 26.0 Å². The number of methoxy groups -OCH3 is 1. The Morgan fingerprint density at radius 2 is 1.86 bits per heavy atom. The van der Waals surface area contributed by atoms with E-state index in [4.69, 9.17) is 4.74 Å². The van der Waals surface area contributed by atoms with Crippen LogP contribution in [-0.2, 0) is 12.1 Å². The summed E-state index contributed by atoms with van der Waals surface area (Å²) in [7, 11) is -1.22. The van der Waals surface area contributed by atoms with Gasteiger partial charge in [-0.1, -0.05) is 12.1 Å². The van der Waals surface area contributed by atoms with Gasteiger partial charge in [-0.3, -0.25) is 9.00 Å². The minimum absolute atomic E-state index is 0.338. The first-order valence-corrected chi connectivity index (χ1v) is 11.0. The lowest BCUT2D eigenvalue weighted by Gasteiger charge is -2.33. The molecule has 1 aromatic carbocycles. The van der Waals surface area contributed by atoms with Crippen molar-refractivity contribution in [1.29, 1.82) is 0 Å². The maximum absolute atomic E-state index is 13.0. The molecule has 1 aromatic rings. The zero-order valence-corrected chi connectivity index (χ0v) is 15.5. The van der Waals surface area contributed by atoms with Crippen molar-refractivity contribution in [3.05, 3.63) is 29.8 Å². The van der Waals surface area contributed by atoms with Crippen molar-refractivity contribution in [2.75, 3.05) is 7.11 Å². The van der Waals surface area contributed by atoms with Crippen molar-refractivity contribution in [2.45, 2.75) is 37.6 Å². The van der Waals surface area contributed by atoms with E-state index in [0.29, 0.717) is 5.75 Å². The number of hydrogen-bond donors (Lipinski definition) is 2. The Morgan fingerprint density at radius 1 is 1.33 bits per heavy atom. The van der Waals surface area contributed by atoms with Crippen LogP contribution in [-0.4, -0.2) is 37.5 Å². The molecular weight excluding hydrogens is 405 g/mol. The molecule has 0 aliphatic carbocycles. The zero-order chi connectivity index (χ0) is 16.0. The third-order valence-corrected chi connectivity index (χ3v) is 12.2. The SMILES string of the molecule is COc1ccc([C@H]2[C@@H](C(=O)O)N2[SH](=O)(I)C(C)(C)C)cc1. The van der Waals surface area contributed by atoms with E-state index >= 15 is 0 Å². The van der Waals surface area contributed by atoms with Crippen LogP contribution in [0.2, 0.25) is 0 Å². The number of benzene rings is 1. The van der Waals surface area contributed by atoms with Crippen molar-refractivity contribution >= 4 is 34.5 Å². The molecule has 1 unspecified atom stereocenters. The monoisotopic (exact) mass is 425 g/mol. The molecule has 0 radical (unpaired) electrons. The summed E-state index contributed by atoms with van der Waals surface area (Å²) in [4.78, 5) is 11.5. The van der Waals surface area contributed by atoms with Gasteiger partial charge in [-0.15, -0.1) is 0 Å². The maximum atomic E-state index is 13.0. The lowest BCUT2D eigenvalue weighted by Crippen LogP contribution is -2.37. The Bertz CT molecular complexity index is 596. The number of hydrogen-bond acceptors (Lipinski definition) is 3. The number of rotatable bonds is 4. The van der Waals surface area contributed by atoms with Crippen molar-refractivity contribution in [2.24, 2.45) is 0 Å². The molecule has 0 saturated carbocycles. The first kappa shape index (κ1) is 16.7. The number of nitrogens with zero attached hydrogens (tertiary/aromatic N) is 1. The topological polar surface area (TPSA) is 66.6 Å². The Balaban J connectivity index is 2.34. The Kier molecular flexibility index (Phi) is 4.38. The fraction of sp³-hybridized carbons (Fsp3) is 0.500. The van der Waals surface area contributed by atoms with Crippen molar-refractivity contribution in [3.8, 4) is 5.75 Å². The molecule has 0 spiro atoms. The Hall–Kier alpha value is -0.670. The van der Waals surface area contributed by atoms with Crippen LogP contribution in [0.3, 0.4) is 0 Å². The molecule has 0 bridgehead atoms. The molecule has 1 fully saturated rings. The molecule has 0 amide bonds. The molecule has 118 valence electrons. The van der Waals surface area contributed by atoms with Crippen LogP contribution in [0.5, 0.6) is 5.75 Å². The fourth-order valence-electron chi connectivity index (χ4n) is 2.27. The van der Waals surface area contributed by atoms with E-state index < -0.39 is 24.0 Å². The summed E-state index contributed by atoms with van der Waals surface area (Å²) in [6, 6.07) is 6.19. The molecule has 1 aliphatic rings. The summed E-state index contributed by atoms with van der Waals surface area (Å²) in [6.07, 6.45) is 0. The van der Waals surface area contributed by atoms with Gasteiger partial charge in [0.25, 0.3) is 0 Å². The normalized spacial score (nSPS) is 26.2. The average Bonchev–Trinajstić information content (AvgIpc) is 3.13. The number of aliphatic carboxylic acids is 1. The van der Waals surface area contributed by atoms with Gasteiger partial charge in [-0.2, -0.15) is 0 Å². The molecular formula is C14H20INO4S. The van der Waals surface area contributed by atoms with E-state index in [1.165, 1.54) is 0 Å². The molecule has 7 heteroatoms. The second-order valence-corrected chi connectivity index (χ2v) is 12.8. The fourth-order valence-corrected chi connectivity index (χ4v) is 5.64. The van der Waals surface area contributed by atoms with Gasteiger partial charge in [0.2, 0.25) is 0 Å². The molecule has 1 saturated heterocycles. The number of halogens is 1. The summed E-state index contributed by atoms with van der Waals surface area (Å²) in [5.74, 6) is -0.219. The van der Waals surface area contributed by atoms with Gasteiger partial charge in [0.05, 0.1) is 13.2 Å². The molecule has 5 nitrogen and oxygen atoms in total. The van der Waals surface area contributed by atoms with Crippen LogP contribution in [0.1, 0.15) is 32.4 Å². The van der Waals surface area contributed by atoms with Crippen LogP contribution >= 0.6 is 21.2 Å². The highest BCUT2D eigenvalue weighted by molar-refractivity contribution is 14.2. The van der Waals surface area contributed by atoms with E-state index in [1.807, 2.05) is 54.1 Å². The lowest BCUT2D eigenvalue weighted by atomic mass is 10.1. The molecule has 1 heterocycles. The van der Waals surface area contributed by atoms with Crippen LogP contribution in [0.25, 0.3) is 0 Å².